The number of halogens is 1. The van der Waals surface area contributed by atoms with Gasteiger partial charge in [-0.05, 0) is 54.3 Å². The minimum absolute atomic E-state index is 0.153. The third-order valence-corrected chi connectivity index (χ3v) is 4.85. The van der Waals surface area contributed by atoms with Gasteiger partial charge in [0.25, 0.3) is 0 Å². The molecular weight excluding hydrogens is 296 g/mol. The van der Waals surface area contributed by atoms with Crippen LogP contribution in [0.4, 0.5) is 0 Å². The standard InChI is InChI=1S/C19H23ClO2/c1-5-19(6-2,14-8-7-9-15(12-14)21-3)17-13-16(22-4)10-11-18(17)20/h7-13H,5-6H2,1-4H3. The van der Waals surface area contributed by atoms with Gasteiger partial charge in [-0.25, -0.2) is 0 Å². The molecule has 0 fully saturated rings. The van der Waals surface area contributed by atoms with Crippen molar-refractivity contribution in [3.63, 3.8) is 0 Å². The topological polar surface area (TPSA) is 18.5 Å². The van der Waals surface area contributed by atoms with E-state index in [-0.39, 0.29) is 5.41 Å². The second kappa shape index (κ2) is 7.06. The Morgan fingerprint density at radius 2 is 1.55 bits per heavy atom. The maximum absolute atomic E-state index is 6.53. The van der Waals surface area contributed by atoms with Crippen LogP contribution in [0.2, 0.25) is 5.02 Å². The molecule has 2 aromatic rings. The largest absolute Gasteiger partial charge is 0.497 e. The van der Waals surface area contributed by atoms with Gasteiger partial charge in [-0.2, -0.15) is 0 Å². The summed E-state index contributed by atoms with van der Waals surface area (Å²) in [6.45, 7) is 4.39. The average molecular weight is 319 g/mol. The second-order valence-corrected chi connectivity index (χ2v) is 5.77. The van der Waals surface area contributed by atoms with E-state index < -0.39 is 0 Å². The lowest BCUT2D eigenvalue weighted by molar-refractivity contribution is 0.406. The van der Waals surface area contributed by atoms with Crippen LogP contribution in [0.15, 0.2) is 42.5 Å². The van der Waals surface area contributed by atoms with Gasteiger partial charge in [-0.1, -0.05) is 37.6 Å². The first-order valence-electron chi connectivity index (χ1n) is 7.59. The number of methoxy groups -OCH3 is 2. The summed E-state index contributed by atoms with van der Waals surface area (Å²) < 4.78 is 10.8. The quantitative estimate of drug-likeness (QED) is 0.703. The van der Waals surface area contributed by atoms with Gasteiger partial charge in [0.15, 0.2) is 0 Å². The predicted molar refractivity (Wildman–Crippen MR) is 92.4 cm³/mol. The van der Waals surface area contributed by atoms with Crippen LogP contribution in [0.3, 0.4) is 0 Å². The maximum Gasteiger partial charge on any atom is 0.119 e. The highest BCUT2D eigenvalue weighted by atomic mass is 35.5. The van der Waals surface area contributed by atoms with Crippen LogP contribution in [0.1, 0.15) is 37.8 Å². The van der Waals surface area contributed by atoms with Gasteiger partial charge >= 0.3 is 0 Å². The molecule has 0 spiro atoms. The highest BCUT2D eigenvalue weighted by Crippen LogP contribution is 2.44. The monoisotopic (exact) mass is 318 g/mol. The third kappa shape index (κ3) is 2.93. The molecule has 0 bridgehead atoms. The molecule has 0 unspecified atom stereocenters. The zero-order chi connectivity index (χ0) is 16.2. The molecule has 0 heterocycles. The van der Waals surface area contributed by atoms with Gasteiger partial charge in [0.2, 0.25) is 0 Å². The Morgan fingerprint density at radius 3 is 2.14 bits per heavy atom. The minimum Gasteiger partial charge on any atom is -0.497 e. The van der Waals surface area contributed by atoms with Crippen molar-refractivity contribution < 1.29 is 9.47 Å². The molecule has 0 N–H and O–H groups in total. The zero-order valence-corrected chi connectivity index (χ0v) is 14.4. The smallest absolute Gasteiger partial charge is 0.119 e. The first kappa shape index (κ1) is 16.7. The minimum atomic E-state index is -0.153. The molecule has 0 aliphatic carbocycles. The fourth-order valence-electron chi connectivity index (χ4n) is 3.11. The summed E-state index contributed by atoms with van der Waals surface area (Å²) in [5, 5.41) is 0.771. The van der Waals surface area contributed by atoms with E-state index in [0.29, 0.717) is 0 Å². The van der Waals surface area contributed by atoms with Crippen LogP contribution in [0.5, 0.6) is 11.5 Å². The van der Waals surface area contributed by atoms with E-state index in [0.717, 1.165) is 34.9 Å². The van der Waals surface area contributed by atoms with Gasteiger partial charge in [-0.3, -0.25) is 0 Å². The second-order valence-electron chi connectivity index (χ2n) is 5.37. The molecular formula is C19H23ClO2. The Bertz CT molecular complexity index is 633. The summed E-state index contributed by atoms with van der Waals surface area (Å²) in [7, 11) is 3.37. The number of hydrogen-bond donors (Lipinski definition) is 0. The average Bonchev–Trinajstić information content (AvgIpc) is 2.58. The molecule has 2 aromatic carbocycles. The maximum atomic E-state index is 6.53. The number of hydrogen-bond acceptors (Lipinski definition) is 2. The highest BCUT2D eigenvalue weighted by molar-refractivity contribution is 6.31. The highest BCUT2D eigenvalue weighted by Gasteiger charge is 2.33. The van der Waals surface area contributed by atoms with Crippen LogP contribution >= 0.6 is 11.6 Å². The van der Waals surface area contributed by atoms with Gasteiger partial charge in [-0.15, -0.1) is 0 Å². The molecule has 0 aliphatic heterocycles. The Labute approximate surface area is 138 Å². The Balaban J connectivity index is 2.66. The number of benzene rings is 2. The first-order chi connectivity index (χ1) is 10.6. The lowest BCUT2D eigenvalue weighted by Crippen LogP contribution is -2.26. The van der Waals surface area contributed by atoms with E-state index >= 15 is 0 Å². The first-order valence-corrected chi connectivity index (χ1v) is 7.97. The van der Waals surface area contributed by atoms with Crippen molar-refractivity contribution in [3.05, 3.63) is 58.6 Å². The molecule has 3 heteroatoms. The molecule has 2 rings (SSSR count). The summed E-state index contributed by atoms with van der Waals surface area (Å²) in [4.78, 5) is 0. The van der Waals surface area contributed by atoms with E-state index in [2.05, 4.69) is 32.0 Å². The molecule has 118 valence electrons. The number of rotatable bonds is 6. The van der Waals surface area contributed by atoms with Crippen molar-refractivity contribution in [1.29, 1.82) is 0 Å². The van der Waals surface area contributed by atoms with Crippen molar-refractivity contribution in [2.75, 3.05) is 14.2 Å². The van der Waals surface area contributed by atoms with E-state index in [1.54, 1.807) is 14.2 Å². The molecule has 0 aromatic heterocycles. The summed E-state index contributed by atoms with van der Waals surface area (Å²) >= 11 is 6.53. The van der Waals surface area contributed by atoms with Gasteiger partial charge < -0.3 is 9.47 Å². The van der Waals surface area contributed by atoms with E-state index in [9.17, 15) is 0 Å². The fraction of sp³-hybridized carbons (Fsp3) is 0.368. The summed E-state index contributed by atoms with van der Waals surface area (Å²) in [5.74, 6) is 1.69. The third-order valence-electron chi connectivity index (χ3n) is 4.52. The summed E-state index contributed by atoms with van der Waals surface area (Å²) in [6.07, 6.45) is 1.90. The lowest BCUT2D eigenvalue weighted by atomic mass is 9.70. The zero-order valence-electron chi connectivity index (χ0n) is 13.7. The van der Waals surface area contributed by atoms with Crippen LogP contribution in [-0.4, -0.2) is 14.2 Å². The molecule has 0 saturated heterocycles. The Morgan fingerprint density at radius 1 is 0.909 bits per heavy atom. The fourth-order valence-corrected chi connectivity index (χ4v) is 3.41. The SMILES string of the molecule is CCC(CC)(c1cccc(OC)c1)c1cc(OC)ccc1Cl. The van der Waals surface area contributed by atoms with Crippen molar-refractivity contribution in [2.45, 2.75) is 32.1 Å². The molecule has 22 heavy (non-hydrogen) atoms. The van der Waals surface area contributed by atoms with Crippen molar-refractivity contribution in [2.24, 2.45) is 0 Å². The molecule has 0 radical (unpaired) electrons. The van der Waals surface area contributed by atoms with E-state index in [4.69, 9.17) is 21.1 Å². The van der Waals surface area contributed by atoms with Gasteiger partial charge in [0.1, 0.15) is 11.5 Å². The lowest BCUT2D eigenvalue weighted by Gasteiger charge is -2.34. The van der Waals surface area contributed by atoms with Gasteiger partial charge in [0, 0.05) is 10.4 Å². The van der Waals surface area contributed by atoms with Gasteiger partial charge in [0.05, 0.1) is 14.2 Å². The van der Waals surface area contributed by atoms with Crippen molar-refractivity contribution >= 4 is 11.6 Å². The number of ether oxygens (including phenoxy) is 2. The van der Waals surface area contributed by atoms with Crippen LogP contribution in [0, 0.1) is 0 Å². The van der Waals surface area contributed by atoms with E-state index in [1.165, 1.54) is 5.56 Å². The summed E-state index contributed by atoms with van der Waals surface area (Å²) in [6, 6.07) is 14.1. The van der Waals surface area contributed by atoms with Crippen LogP contribution < -0.4 is 9.47 Å². The van der Waals surface area contributed by atoms with Crippen molar-refractivity contribution in [3.8, 4) is 11.5 Å². The van der Waals surface area contributed by atoms with Crippen LogP contribution in [-0.2, 0) is 5.41 Å². The summed E-state index contributed by atoms with van der Waals surface area (Å²) in [5.41, 5.74) is 2.17. The van der Waals surface area contributed by atoms with E-state index in [1.807, 2.05) is 24.3 Å². The molecule has 0 aliphatic rings. The Kier molecular flexibility index (Phi) is 5.36. The normalized spacial score (nSPS) is 11.3. The molecule has 0 atom stereocenters. The molecule has 0 saturated carbocycles. The Hall–Kier alpha value is -1.67. The molecule has 2 nitrogen and oxygen atoms in total. The predicted octanol–water partition coefficient (Wildman–Crippen LogP) is 5.46. The molecule has 0 amide bonds. The van der Waals surface area contributed by atoms with Crippen LogP contribution in [0.25, 0.3) is 0 Å². The van der Waals surface area contributed by atoms with Crippen molar-refractivity contribution in [1.82, 2.24) is 0 Å².